The molecule has 1 aliphatic rings. The van der Waals surface area contributed by atoms with Crippen molar-refractivity contribution >= 4 is 17.3 Å². The quantitative estimate of drug-likeness (QED) is 0.442. The number of nitro groups is 1. The zero-order valence-corrected chi connectivity index (χ0v) is 11.3. The molecule has 0 bridgehead atoms. The number of rotatable bonds is 4. The molecule has 1 aromatic rings. The normalized spacial score (nSPS) is 21.5. The standard InChI is InChI=1S/C13H18N4O3/c1-8-3-2-4-11(8)15-13(18)10-7-9(16-14)5-6-12(10)17(19)20/h5-8,11,16H,2-4,14H2,1H3,(H,15,18). The molecule has 1 aliphatic carbocycles. The van der Waals surface area contributed by atoms with E-state index in [9.17, 15) is 14.9 Å². The third kappa shape index (κ3) is 2.88. The topological polar surface area (TPSA) is 110 Å². The van der Waals surface area contributed by atoms with E-state index in [-0.39, 0.29) is 17.3 Å². The summed E-state index contributed by atoms with van der Waals surface area (Å²) in [6, 6.07) is 4.22. The van der Waals surface area contributed by atoms with Crippen LogP contribution in [0.15, 0.2) is 18.2 Å². The van der Waals surface area contributed by atoms with Gasteiger partial charge in [0.05, 0.1) is 4.92 Å². The van der Waals surface area contributed by atoms with Gasteiger partial charge >= 0.3 is 0 Å². The lowest BCUT2D eigenvalue weighted by molar-refractivity contribution is -0.385. The number of nitrogens with two attached hydrogens (primary N) is 1. The molecule has 0 spiro atoms. The van der Waals surface area contributed by atoms with Crippen LogP contribution in [0, 0.1) is 16.0 Å². The van der Waals surface area contributed by atoms with Crippen molar-refractivity contribution in [3.63, 3.8) is 0 Å². The number of nitro benzene ring substituents is 1. The summed E-state index contributed by atoms with van der Waals surface area (Å²) in [6.45, 7) is 2.07. The number of carbonyl (C=O) groups excluding carboxylic acids is 1. The second kappa shape index (κ2) is 5.87. The SMILES string of the molecule is CC1CCCC1NC(=O)c1cc(NN)ccc1[N+](=O)[O-]. The van der Waals surface area contributed by atoms with E-state index in [0.29, 0.717) is 11.6 Å². The van der Waals surface area contributed by atoms with E-state index in [4.69, 9.17) is 5.84 Å². The number of amides is 1. The summed E-state index contributed by atoms with van der Waals surface area (Å²) in [6.07, 6.45) is 3.05. The lowest BCUT2D eigenvalue weighted by atomic mass is 10.1. The van der Waals surface area contributed by atoms with Crippen LogP contribution in [0.2, 0.25) is 0 Å². The van der Waals surface area contributed by atoms with Gasteiger partial charge < -0.3 is 10.7 Å². The maximum atomic E-state index is 12.3. The molecule has 20 heavy (non-hydrogen) atoms. The zero-order valence-electron chi connectivity index (χ0n) is 11.3. The largest absolute Gasteiger partial charge is 0.349 e. The number of hydrogen-bond acceptors (Lipinski definition) is 5. The smallest absolute Gasteiger partial charge is 0.282 e. The van der Waals surface area contributed by atoms with Crippen molar-refractivity contribution in [2.24, 2.45) is 11.8 Å². The molecule has 4 N–H and O–H groups in total. The summed E-state index contributed by atoms with van der Waals surface area (Å²) < 4.78 is 0. The second-order valence-corrected chi connectivity index (χ2v) is 5.12. The first kappa shape index (κ1) is 14.3. The third-order valence-electron chi connectivity index (χ3n) is 3.78. The van der Waals surface area contributed by atoms with Crippen LogP contribution in [0.3, 0.4) is 0 Å². The summed E-state index contributed by atoms with van der Waals surface area (Å²) >= 11 is 0. The van der Waals surface area contributed by atoms with Crippen LogP contribution in [0.25, 0.3) is 0 Å². The Balaban J connectivity index is 2.25. The van der Waals surface area contributed by atoms with E-state index in [1.54, 1.807) is 0 Å². The monoisotopic (exact) mass is 278 g/mol. The van der Waals surface area contributed by atoms with E-state index < -0.39 is 10.8 Å². The Bertz CT molecular complexity index is 532. The van der Waals surface area contributed by atoms with Gasteiger partial charge in [0.1, 0.15) is 5.56 Å². The fourth-order valence-electron chi connectivity index (χ4n) is 2.57. The van der Waals surface area contributed by atoms with E-state index in [1.807, 2.05) is 0 Å². The zero-order chi connectivity index (χ0) is 14.7. The fraction of sp³-hybridized carbons (Fsp3) is 0.462. The van der Waals surface area contributed by atoms with E-state index >= 15 is 0 Å². The Labute approximate surface area is 116 Å². The van der Waals surface area contributed by atoms with Gasteiger partial charge in [-0.15, -0.1) is 0 Å². The molecule has 0 aromatic heterocycles. The summed E-state index contributed by atoms with van der Waals surface area (Å²) in [5, 5.41) is 13.9. The van der Waals surface area contributed by atoms with Gasteiger partial charge in [0.25, 0.3) is 11.6 Å². The van der Waals surface area contributed by atoms with E-state index in [1.165, 1.54) is 18.2 Å². The first-order valence-electron chi connectivity index (χ1n) is 6.59. The van der Waals surface area contributed by atoms with Crippen LogP contribution in [-0.4, -0.2) is 16.9 Å². The van der Waals surface area contributed by atoms with Gasteiger partial charge in [0, 0.05) is 17.8 Å². The Morgan fingerprint density at radius 1 is 1.45 bits per heavy atom. The summed E-state index contributed by atoms with van der Waals surface area (Å²) in [5.74, 6) is 5.25. The molecule has 1 amide bonds. The van der Waals surface area contributed by atoms with Crippen molar-refractivity contribution in [2.45, 2.75) is 32.2 Å². The minimum atomic E-state index is -0.562. The lowest BCUT2D eigenvalue weighted by Crippen LogP contribution is -2.36. The molecule has 1 fully saturated rings. The van der Waals surface area contributed by atoms with E-state index in [0.717, 1.165) is 19.3 Å². The third-order valence-corrected chi connectivity index (χ3v) is 3.78. The van der Waals surface area contributed by atoms with Gasteiger partial charge in [-0.25, -0.2) is 0 Å². The van der Waals surface area contributed by atoms with Gasteiger partial charge in [-0.05, 0) is 30.9 Å². The summed E-state index contributed by atoms with van der Waals surface area (Å²) in [7, 11) is 0. The number of hydrazine groups is 1. The number of nitrogens with one attached hydrogen (secondary N) is 2. The Kier molecular flexibility index (Phi) is 4.19. The number of benzene rings is 1. The Hall–Kier alpha value is -2.15. The molecule has 0 heterocycles. The predicted molar refractivity (Wildman–Crippen MR) is 75.2 cm³/mol. The van der Waals surface area contributed by atoms with Crippen molar-refractivity contribution in [1.29, 1.82) is 0 Å². The molecule has 1 aromatic carbocycles. The molecular weight excluding hydrogens is 260 g/mol. The maximum absolute atomic E-state index is 12.3. The maximum Gasteiger partial charge on any atom is 0.282 e. The van der Waals surface area contributed by atoms with Gasteiger partial charge in [-0.1, -0.05) is 13.3 Å². The predicted octanol–water partition coefficient (Wildman–Crippen LogP) is 1.80. The summed E-state index contributed by atoms with van der Waals surface area (Å²) in [5.41, 5.74) is 2.66. The minimum absolute atomic E-state index is 0.0320. The highest BCUT2D eigenvalue weighted by Gasteiger charge is 2.28. The number of anilines is 1. The highest BCUT2D eigenvalue weighted by atomic mass is 16.6. The lowest BCUT2D eigenvalue weighted by Gasteiger charge is -2.17. The second-order valence-electron chi connectivity index (χ2n) is 5.12. The Morgan fingerprint density at radius 3 is 2.75 bits per heavy atom. The molecular formula is C13H18N4O3. The minimum Gasteiger partial charge on any atom is -0.349 e. The van der Waals surface area contributed by atoms with Crippen molar-refractivity contribution in [1.82, 2.24) is 5.32 Å². The molecule has 0 aliphatic heterocycles. The van der Waals surface area contributed by atoms with Crippen LogP contribution in [0.1, 0.15) is 36.5 Å². The highest BCUT2D eigenvalue weighted by Crippen LogP contribution is 2.27. The molecule has 2 atom stereocenters. The molecule has 7 nitrogen and oxygen atoms in total. The van der Waals surface area contributed by atoms with Crippen LogP contribution in [-0.2, 0) is 0 Å². The fourth-order valence-corrected chi connectivity index (χ4v) is 2.57. The molecule has 7 heteroatoms. The number of carbonyl (C=O) groups is 1. The first-order chi connectivity index (χ1) is 9.52. The summed E-state index contributed by atoms with van der Waals surface area (Å²) in [4.78, 5) is 22.7. The average molecular weight is 278 g/mol. The molecule has 2 unspecified atom stereocenters. The van der Waals surface area contributed by atoms with Crippen molar-refractivity contribution in [3.8, 4) is 0 Å². The molecule has 108 valence electrons. The number of nitrogens with zero attached hydrogens (tertiary/aromatic N) is 1. The first-order valence-corrected chi connectivity index (χ1v) is 6.59. The van der Waals surface area contributed by atoms with Crippen molar-refractivity contribution in [3.05, 3.63) is 33.9 Å². The molecule has 0 saturated heterocycles. The molecule has 0 radical (unpaired) electrons. The van der Waals surface area contributed by atoms with Crippen LogP contribution < -0.4 is 16.6 Å². The number of nitrogen functional groups attached to an aromatic ring is 1. The van der Waals surface area contributed by atoms with Gasteiger partial charge in [-0.3, -0.25) is 20.8 Å². The van der Waals surface area contributed by atoms with Crippen molar-refractivity contribution < 1.29 is 9.72 Å². The van der Waals surface area contributed by atoms with Gasteiger partial charge in [0.2, 0.25) is 0 Å². The van der Waals surface area contributed by atoms with Crippen molar-refractivity contribution in [2.75, 3.05) is 5.43 Å². The number of hydrogen-bond donors (Lipinski definition) is 3. The van der Waals surface area contributed by atoms with Crippen LogP contribution in [0.4, 0.5) is 11.4 Å². The van der Waals surface area contributed by atoms with Crippen LogP contribution in [0.5, 0.6) is 0 Å². The van der Waals surface area contributed by atoms with Gasteiger partial charge in [-0.2, -0.15) is 0 Å². The highest BCUT2D eigenvalue weighted by molar-refractivity contribution is 5.99. The van der Waals surface area contributed by atoms with Crippen LogP contribution >= 0.6 is 0 Å². The van der Waals surface area contributed by atoms with Gasteiger partial charge in [0.15, 0.2) is 0 Å². The molecule has 1 saturated carbocycles. The average Bonchev–Trinajstić information content (AvgIpc) is 2.83. The Morgan fingerprint density at radius 2 is 2.20 bits per heavy atom. The molecule has 2 rings (SSSR count). The van der Waals surface area contributed by atoms with E-state index in [2.05, 4.69) is 17.7 Å².